The molecule has 150 valence electrons. The number of benzene rings is 2. The molecule has 3 N–H and O–H groups in total. The van der Waals surface area contributed by atoms with Gasteiger partial charge in [0.1, 0.15) is 5.69 Å². The topological polar surface area (TPSA) is 78.9 Å². The van der Waals surface area contributed by atoms with Crippen LogP contribution in [0.2, 0.25) is 0 Å². The number of amides is 2. The van der Waals surface area contributed by atoms with Gasteiger partial charge in [-0.05, 0) is 61.0 Å². The van der Waals surface area contributed by atoms with E-state index in [-0.39, 0.29) is 11.8 Å². The molecule has 3 aromatic rings. The molecule has 3 rings (SSSR count). The Hall–Kier alpha value is -3.19. The second-order valence-corrected chi connectivity index (χ2v) is 7.62. The van der Waals surface area contributed by atoms with Crippen LogP contribution in [0.3, 0.4) is 0 Å². The number of H-pyrrole nitrogens is 1. The lowest BCUT2D eigenvalue weighted by atomic mass is 10.1. The number of anilines is 1. The van der Waals surface area contributed by atoms with E-state index in [1.807, 2.05) is 51.1 Å². The summed E-state index contributed by atoms with van der Waals surface area (Å²) in [5.74, 6) is -0.0326. The van der Waals surface area contributed by atoms with Crippen LogP contribution < -0.4 is 10.6 Å². The fourth-order valence-corrected chi connectivity index (χ4v) is 3.16. The second-order valence-electron chi connectivity index (χ2n) is 7.24. The van der Waals surface area contributed by atoms with E-state index in [1.165, 1.54) is 0 Å². The fraction of sp³-hybridized carbons (Fsp3) is 0.227. The van der Waals surface area contributed by atoms with Crippen LogP contribution in [0.15, 0.2) is 54.7 Å². The number of nitrogens with zero attached hydrogens (tertiary/aromatic N) is 1. The van der Waals surface area contributed by atoms with E-state index in [0.29, 0.717) is 34.2 Å². The first-order chi connectivity index (χ1) is 13.9. The number of aromatic nitrogens is 2. The Balaban J connectivity index is 1.80. The summed E-state index contributed by atoms with van der Waals surface area (Å²) < 4.78 is 2.13. The van der Waals surface area contributed by atoms with Crippen molar-refractivity contribution in [1.29, 1.82) is 0 Å². The van der Waals surface area contributed by atoms with Gasteiger partial charge in [0, 0.05) is 29.7 Å². The second kappa shape index (κ2) is 8.87. The highest BCUT2D eigenvalue weighted by Crippen LogP contribution is 2.19. The van der Waals surface area contributed by atoms with Crippen molar-refractivity contribution in [1.82, 2.24) is 14.9 Å². The molecule has 2 aromatic carbocycles. The first-order valence-corrected chi connectivity index (χ1v) is 9.83. The van der Waals surface area contributed by atoms with Gasteiger partial charge in [0.15, 0.2) is 4.77 Å². The summed E-state index contributed by atoms with van der Waals surface area (Å²) in [6, 6.07) is 14.7. The molecule has 0 fully saturated rings. The molecule has 0 unspecified atom stereocenters. The third-order valence-electron chi connectivity index (χ3n) is 4.43. The summed E-state index contributed by atoms with van der Waals surface area (Å²) in [5.41, 5.74) is 3.21. The fourth-order valence-electron chi connectivity index (χ4n) is 2.90. The van der Waals surface area contributed by atoms with Gasteiger partial charge in [0.25, 0.3) is 11.8 Å². The maximum atomic E-state index is 12.9. The largest absolute Gasteiger partial charge is 0.352 e. The number of aromatic amines is 1. The quantitative estimate of drug-likeness (QED) is 0.526. The van der Waals surface area contributed by atoms with Crippen molar-refractivity contribution in [2.24, 2.45) is 5.92 Å². The van der Waals surface area contributed by atoms with Crippen LogP contribution in [0.5, 0.6) is 0 Å². The van der Waals surface area contributed by atoms with Crippen molar-refractivity contribution in [3.05, 3.63) is 76.3 Å². The molecule has 0 bridgehead atoms. The maximum absolute atomic E-state index is 12.9. The minimum atomic E-state index is -0.290. The summed E-state index contributed by atoms with van der Waals surface area (Å²) in [5, 5.41) is 5.80. The van der Waals surface area contributed by atoms with Crippen LogP contribution in [0.1, 0.15) is 40.3 Å². The Bertz CT molecular complexity index is 1080. The van der Waals surface area contributed by atoms with Gasteiger partial charge in [-0.1, -0.05) is 32.0 Å². The van der Waals surface area contributed by atoms with Gasteiger partial charge in [-0.2, -0.15) is 0 Å². The summed E-state index contributed by atoms with van der Waals surface area (Å²) in [6.45, 7) is 6.56. The van der Waals surface area contributed by atoms with Gasteiger partial charge in [0.2, 0.25) is 0 Å². The number of hydrogen-bond acceptors (Lipinski definition) is 3. The van der Waals surface area contributed by atoms with Crippen molar-refractivity contribution in [3.63, 3.8) is 0 Å². The minimum absolute atomic E-state index is 0.122. The number of carbonyl (C=O) groups is 2. The van der Waals surface area contributed by atoms with E-state index in [0.717, 1.165) is 11.3 Å². The average Bonchev–Trinajstić information content (AvgIpc) is 3.09. The Labute approximate surface area is 175 Å². The summed E-state index contributed by atoms with van der Waals surface area (Å²) >= 11 is 5.34. The molecule has 0 aliphatic heterocycles. The summed E-state index contributed by atoms with van der Waals surface area (Å²) in [4.78, 5) is 28.1. The lowest BCUT2D eigenvalue weighted by Crippen LogP contribution is -2.27. The molecule has 6 nitrogen and oxygen atoms in total. The van der Waals surface area contributed by atoms with Crippen molar-refractivity contribution in [2.75, 3.05) is 11.9 Å². The molecule has 0 aliphatic rings. The number of imidazole rings is 1. The molecule has 0 aliphatic carbocycles. The maximum Gasteiger partial charge on any atom is 0.274 e. The van der Waals surface area contributed by atoms with Crippen molar-refractivity contribution in [3.8, 4) is 5.69 Å². The van der Waals surface area contributed by atoms with E-state index in [9.17, 15) is 9.59 Å². The monoisotopic (exact) mass is 408 g/mol. The van der Waals surface area contributed by atoms with E-state index in [4.69, 9.17) is 12.2 Å². The Morgan fingerprint density at radius 1 is 1.10 bits per heavy atom. The van der Waals surface area contributed by atoms with Gasteiger partial charge < -0.3 is 15.6 Å². The SMILES string of the molecule is Cc1cc(C(=O)NCC(C)C)ccc1NC(=O)c1c[nH]c(=S)n1-c1ccccc1. The van der Waals surface area contributed by atoms with Crippen LogP contribution >= 0.6 is 12.2 Å². The minimum Gasteiger partial charge on any atom is -0.352 e. The van der Waals surface area contributed by atoms with Gasteiger partial charge in [-0.25, -0.2) is 0 Å². The standard InChI is InChI=1S/C22H24N4O2S/c1-14(2)12-23-20(27)16-9-10-18(15(3)11-16)25-21(28)19-13-24-22(29)26(19)17-7-5-4-6-8-17/h4-11,13-14H,12H2,1-3H3,(H,23,27)(H,24,29)(H,25,28). The number of carbonyl (C=O) groups excluding carboxylic acids is 2. The normalized spacial score (nSPS) is 10.8. The Morgan fingerprint density at radius 3 is 2.48 bits per heavy atom. The smallest absolute Gasteiger partial charge is 0.274 e. The van der Waals surface area contributed by atoms with E-state index in [1.54, 1.807) is 29.0 Å². The molecule has 7 heteroatoms. The number of aryl methyl sites for hydroxylation is 1. The molecular weight excluding hydrogens is 384 g/mol. The predicted octanol–water partition coefficient (Wildman–Crippen LogP) is 4.48. The highest BCUT2D eigenvalue weighted by molar-refractivity contribution is 7.71. The van der Waals surface area contributed by atoms with Crippen molar-refractivity contribution >= 4 is 29.7 Å². The number of rotatable bonds is 6. The van der Waals surface area contributed by atoms with E-state index < -0.39 is 0 Å². The molecule has 0 atom stereocenters. The summed E-state index contributed by atoms with van der Waals surface area (Å²) in [6.07, 6.45) is 1.59. The van der Waals surface area contributed by atoms with Gasteiger partial charge in [0.05, 0.1) is 0 Å². The molecule has 1 heterocycles. The average molecular weight is 409 g/mol. The third kappa shape index (κ3) is 4.81. The van der Waals surface area contributed by atoms with Crippen LogP contribution in [0.4, 0.5) is 5.69 Å². The van der Waals surface area contributed by atoms with Crippen LogP contribution in [0, 0.1) is 17.6 Å². The van der Waals surface area contributed by atoms with Crippen LogP contribution in [-0.2, 0) is 0 Å². The molecule has 2 amide bonds. The lowest BCUT2D eigenvalue weighted by Gasteiger charge is -2.12. The zero-order valence-electron chi connectivity index (χ0n) is 16.7. The number of para-hydroxylation sites is 1. The van der Waals surface area contributed by atoms with Crippen molar-refractivity contribution < 1.29 is 9.59 Å². The molecule has 0 radical (unpaired) electrons. The molecular formula is C22H24N4O2S. The first kappa shape index (κ1) is 20.5. The molecule has 0 saturated heterocycles. The number of hydrogen-bond donors (Lipinski definition) is 3. The van der Waals surface area contributed by atoms with E-state index in [2.05, 4.69) is 15.6 Å². The highest BCUT2D eigenvalue weighted by atomic mass is 32.1. The molecule has 29 heavy (non-hydrogen) atoms. The summed E-state index contributed by atoms with van der Waals surface area (Å²) in [7, 11) is 0. The predicted molar refractivity (Wildman–Crippen MR) is 117 cm³/mol. The van der Waals surface area contributed by atoms with Crippen LogP contribution in [-0.4, -0.2) is 27.9 Å². The number of nitrogens with one attached hydrogen (secondary N) is 3. The Morgan fingerprint density at radius 2 is 1.83 bits per heavy atom. The zero-order chi connectivity index (χ0) is 21.0. The molecule has 1 aromatic heterocycles. The Kier molecular flexibility index (Phi) is 6.29. The van der Waals surface area contributed by atoms with Gasteiger partial charge >= 0.3 is 0 Å². The highest BCUT2D eigenvalue weighted by Gasteiger charge is 2.16. The molecule has 0 saturated carbocycles. The van der Waals surface area contributed by atoms with Gasteiger partial charge in [-0.15, -0.1) is 0 Å². The lowest BCUT2D eigenvalue weighted by molar-refractivity contribution is 0.0948. The van der Waals surface area contributed by atoms with E-state index >= 15 is 0 Å². The molecule has 0 spiro atoms. The first-order valence-electron chi connectivity index (χ1n) is 9.43. The van der Waals surface area contributed by atoms with Crippen molar-refractivity contribution in [2.45, 2.75) is 20.8 Å². The zero-order valence-corrected chi connectivity index (χ0v) is 17.5. The van der Waals surface area contributed by atoms with Crippen LogP contribution in [0.25, 0.3) is 5.69 Å². The third-order valence-corrected chi connectivity index (χ3v) is 4.73. The van der Waals surface area contributed by atoms with Gasteiger partial charge in [-0.3, -0.25) is 14.2 Å².